The van der Waals surface area contributed by atoms with Crippen molar-refractivity contribution in [3.63, 3.8) is 0 Å². The highest BCUT2D eigenvalue weighted by Crippen LogP contribution is 2.26. The van der Waals surface area contributed by atoms with Crippen LogP contribution in [0.1, 0.15) is 17.5 Å². The number of rotatable bonds is 3. The summed E-state index contributed by atoms with van der Waals surface area (Å²) < 4.78 is 8.78. The normalized spacial score (nSPS) is 12.4. The van der Waals surface area contributed by atoms with Crippen molar-refractivity contribution in [1.29, 1.82) is 0 Å². The molecule has 0 radical (unpaired) electrons. The second-order valence-corrected chi connectivity index (χ2v) is 3.43. The number of methoxy groups -OCH3 is 1. The fourth-order valence-corrected chi connectivity index (χ4v) is 1.68. The Balaban J connectivity index is 2.37. The number of aliphatic hydroxyl groups is 1. The first kappa shape index (κ1) is 10.0. The number of nitrogens with zero attached hydrogens (tertiary/aromatic N) is 3. The van der Waals surface area contributed by atoms with Crippen molar-refractivity contribution in [3.8, 4) is 5.75 Å². The highest BCUT2D eigenvalue weighted by Gasteiger charge is 2.18. The zero-order chi connectivity index (χ0) is 10.7. The number of hydrogen-bond acceptors (Lipinski definition) is 6. The molecule has 5 nitrogen and oxygen atoms in total. The number of pyridine rings is 1. The van der Waals surface area contributed by atoms with E-state index in [-0.39, 0.29) is 0 Å². The maximum atomic E-state index is 9.95. The molecule has 6 heteroatoms. The molecule has 0 amide bonds. The Kier molecular flexibility index (Phi) is 2.89. The molecule has 1 unspecified atom stereocenters. The van der Waals surface area contributed by atoms with Crippen LogP contribution in [0.5, 0.6) is 5.75 Å². The van der Waals surface area contributed by atoms with E-state index >= 15 is 0 Å². The van der Waals surface area contributed by atoms with Gasteiger partial charge in [-0.15, -0.1) is 5.10 Å². The highest BCUT2D eigenvalue weighted by atomic mass is 32.1. The molecule has 2 heterocycles. The fourth-order valence-electron chi connectivity index (χ4n) is 1.21. The average molecular weight is 223 g/mol. The summed E-state index contributed by atoms with van der Waals surface area (Å²) >= 11 is 1.19. The van der Waals surface area contributed by atoms with E-state index < -0.39 is 6.10 Å². The Morgan fingerprint density at radius 2 is 2.40 bits per heavy atom. The van der Waals surface area contributed by atoms with Crippen molar-refractivity contribution in [3.05, 3.63) is 35.1 Å². The first-order valence-electron chi connectivity index (χ1n) is 4.27. The number of aliphatic hydroxyl groups excluding tert-OH is 1. The topological polar surface area (TPSA) is 68.1 Å². The third-order valence-electron chi connectivity index (χ3n) is 1.94. The molecule has 0 aromatic carbocycles. The molecule has 0 spiro atoms. The summed E-state index contributed by atoms with van der Waals surface area (Å²) in [6, 6.07) is 3.49. The molecular weight excluding hydrogens is 214 g/mol. The lowest BCUT2D eigenvalue weighted by Gasteiger charge is -2.10. The maximum Gasteiger partial charge on any atom is 0.144 e. The highest BCUT2D eigenvalue weighted by molar-refractivity contribution is 7.03. The number of hydrogen-bond donors (Lipinski definition) is 1. The molecule has 78 valence electrons. The Morgan fingerprint density at radius 1 is 1.53 bits per heavy atom. The van der Waals surface area contributed by atoms with Gasteiger partial charge in [0.2, 0.25) is 0 Å². The Hall–Kier alpha value is -1.53. The van der Waals surface area contributed by atoms with E-state index in [4.69, 9.17) is 4.74 Å². The molecular formula is C9H9N3O2S. The van der Waals surface area contributed by atoms with E-state index in [1.54, 1.807) is 23.7 Å². The van der Waals surface area contributed by atoms with E-state index in [1.807, 2.05) is 0 Å². The van der Waals surface area contributed by atoms with Crippen LogP contribution in [0.3, 0.4) is 0 Å². The van der Waals surface area contributed by atoms with Gasteiger partial charge in [-0.05, 0) is 23.7 Å². The number of ether oxygens (including phenoxy) is 1. The van der Waals surface area contributed by atoms with E-state index in [0.29, 0.717) is 17.1 Å². The lowest BCUT2D eigenvalue weighted by Crippen LogP contribution is -2.05. The summed E-state index contributed by atoms with van der Waals surface area (Å²) in [6.07, 6.45) is 0.709. The predicted octanol–water partition coefficient (Wildman–Crippen LogP) is 1.02. The molecule has 0 saturated carbocycles. The van der Waals surface area contributed by atoms with Gasteiger partial charge in [-0.2, -0.15) is 0 Å². The molecule has 15 heavy (non-hydrogen) atoms. The molecule has 2 rings (SSSR count). The van der Waals surface area contributed by atoms with Crippen molar-refractivity contribution in [1.82, 2.24) is 14.6 Å². The van der Waals surface area contributed by atoms with Gasteiger partial charge in [0.1, 0.15) is 23.2 Å². The summed E-state index contributed by atoms with van der Waals surface area (Å²) in [6.45, 7) is 0. The van der Waals surface area contributed by atoms with Crippen LogP contribution in [0.2, 0.25) is 0 Å². The summed E-state index contributed by atoms with van der Waals surface area (Å²) in [7, 11) is 1.53. The van der Waals surface area contributed by atoms with Crippen molar-refractivity contribution in [2.45, 2.75) is 6.10 Å². The predicted molar refractivity (Wildman–Crippen MR) is 54.8 cm³/mol. The van der Waals surface area contributed by atoms with E-state index in [0.717, 1.165) is 0 Å². The zero-order valence-corrected chi connectivity index (χ0v) is 8.81. The van der Waals surface area contributed by atoms with Gasteiger partial charge in [0.15, 0.2) is 0 Å². The van der Waals surface area contributed by atoms with Crippen molar-refractivity contribution in [2.75, 3.05) is 7.11 Å². The molecule has 2 aromatic heterocycles. The van der Waals surface area contributed by atoms with Crippen molar-refractivity contribution in [2.24, 2.45) is 0 Å². The van der Waals surface area contributed by atoms with Crippen molar-refractivity contribution >= 4 is 11.5 Å². The summed E-state index contributed by atoms with van der Waals surface area (Å²) in [5.41, 5.74) is 0.935. The molecule has 0 aliphatic rings. The van der Waals surface area contributed by atoms with Gasteiger partial charge in [0.25, 0.3) is 0 Å². The fraction of sp³-hybridized carbons (Fsp3) is 0.222. The minimum absolute atomic E-state index is 0.452. The van der Waals surface area contributed by atoms with Crippen LogP contribution in [0, 0.1) is 0 Å². The standard InChI is InChI=1S/C9H9N3O2S/c1-14-7-3-2-4-10-8(7)9(13)6-5-15-12-11-6/h2-5,9,13H,1H3. The first-order chi connectivity index (χ1) is 7.33. The van der Waals surface area contributed by atoms with Crippen LogP contribution in [-0.4, -0.2) is 26.8 Å². The molecule has 1 atom stereocenters. The Labute approximate surface area is 90.5 Å². The van der Waals surface area contributed by atoms with Crippen LogP contribution < -0.4 is 4.74 Å². The summed E-state index contributed by atoms with van der Waals surface area (Å²) in [5, 5.41) is 15.4. The summed E-state index contributed by atoms with van der Waals surface area (Å²) in [5.74, 6) is 0.540. The maximum absolute atomic E-state index is 9.95. The zero-order valence-electron chi connectivity index (χ0n) is 7.99. The van der Waals surface area contributed by atoms with Crippen LogP contribution in [-0.2, 0) is 0 Å². The smallest absolute Gasteiger partial charge is 0.144 e. The Bertz CT molecular complexity index is 433. The van der Waals surface area contributed by atoms with Crippen LogP contribution in [0.15, 0.2) is 23.7 Å². The second-order valence-electron chi connectivity index (χ2n) is 2.82. The molecule has 1 N–H and O–H groups in total. The van der Waals surface area contributed by atoms with Gasteiger partial charge in [-0.1, -0.05) is 4.49 Å². The molecule has 0 aliphatic carbocycles. The van der Waals surface area contributed by atoms with Gasteiger partial charge in [-0.25, -0.2) is 0 Å². The van der Waals surface area contributed by atoms with E-state index in [9.17, 15) is 5.11 Å². The molecule has 0 aliphatic heterocycles. The van der Waals surface area contributed by atoms with Gasteiger partial charge >= 0.3 is 0 Å². The van der Waals surface area contributed by atoms with E-state index in [2.05, 4.69) is 14.6 Å². The molecule has 2 aromatic rings. The average Bonchev–Trinajstić information content (AvgIpc) is 2.81. The third-order valence-corrected chi connectivity index (χ3v) is 2.46. The molecule has 0 bridgehead atoms. The van der Waals surface area contributed by atoms with E-state index in [1.165, 1.54) is 18.6 Å². The lowest BCUT2D eigenvalue weighted by atomic mass is 10.2. The van der Waals surface area contributed by atoms with Crippen LogP contribution >= 0.6 is 11.5 Å². The Morgan fingerprint density at radius 3 is 3.07 bits per heavy atom. The molecule has 0 saturated heterocycles. The van der Waals surface area contributed by atoms with Gasteiger partial charge in [0.05, 0.1) is 7.11 Å². The molecule has 0 fully saturated rings. The lowest BCUT2D eigenvalue weighted by molar-refractivity contribution is 0.204. The van der Waals surface area contributed by atoms with Crippen LogP contribution in [0.4, 0.5) is 0 Å². The van der Waals surface area contributed by atoms with Gasteiger partial charge in [0, 0.05) is 11.6 Å². The quantitative estimate of drug-likeness (QED) is 0.841. The third kappa shape index (κ3) is 1.95. The first-order valence-corrected chi connectivity index (χ1v) is 5.10. The van der Waals surface area contributed by atoms with Crippen molar-refractivity contribution < 1.29 is 9.84 Å². The largest absolute Gasteiger partial charge is 0.495 e. The summed E-state index contributed by atoms with van der Waals surface area (Å²) in [4.78, 5) is 4.07. The van der Waals surface area contributed by atoms with Crippen LogP contribution in [0.25, 0.3) is 0 Å². The minimum atomic E-state index is -0.889. The second kappa shape index (κ2) is 4.33. The SMILES string of the molecule is COc1cccnc1C(O)c1csnn1. The number of aromatic nitrogens is 3. The monoisotopic (exact) mass is 223 g/mol. The minimum Gasteiger partial charge on any atom is -0.495 e. The van der Waals surface area contributed by atoms with Gasteiger partial charge < -0.3 is 9.84 Å². The van der Waals surface area contributed by atoms with Gasteiger partial charge in [-0.3, -0.25) is 4.98 Å².